The van der Waals surface area contributed by atoms with Gasteiger partial charge in [0, 0.05) is 38.9 Å². The molecule has 0 radical (unpaired) electrons. The Morgan fingerprint density at radius 2 is 2.00 bits per heavy atom. The van der Waals surface area contributed by atoms with Gasteiger partial charge >= 0.3 is 6.09 Å². The van der Waals surface area contributed by atoms with Crippen molar-refractivity contribution in [2.24, 2.45) is 5.92 Å². The summed E-state index contributed by atoms with van der Waals surface area (Å²) in [7, 11) is 1.74. The molecule has 0 aromatic rings. The topological polar surface area (TPSA) is 50.8 Å². The van der Waals surface area contributed by atoms with Gasteiger partial charge in [0.2, 0.25) is 0 Å². The number of hydrogen-bond acceptors (Lipinski definition) is 4. The number of nitrogens with one attached hydrogen (secondary N) is 1. The van der Waals surface area contributed by atoms with Crippen LogP contribution in [-0.2, 0) is 9.47 Å². The summed E-state index contributed by atoms with van der Waals surface area (Å²) in [5.41, 5.74) is -0.432. The summed E-state index contributed by atoms with van der Waals surface area (Å²) in [5, 5.41) is 3.56. The van der Waals surface area contributed by atoms with Gasteiger partial charge in [-0.2, -0.15) is 0 Å². The van der Waals surface area contributed by atoms with Crippen LogP contribution in [-0.4, -0.2) is 55.5 Å². The number of nitrogens with zero attached hydrogens (tertiary/aromatic N) is 1. The molecule has 3 atom stereocenters. The lowest BCUT2D eigenvalue weighted by Gasteiger charge is -2.38. The lowest BCUT2D eigenvalue weighted by atomic mass is 9.96. The number of rotatable bonds is 7. The predicted octanol–water partition coefficient (Wildman–Crippen LogP) is 3.43. The average molecular weight is 328 g/mol. The van der Waals surface area contributed by atoms with E-state index in [0.717, 1.165) is 39.0 Å². The molecular formula is C18H36N2O3. The van der Waals surface area contributed by atoms with E-state index in [2.05, 4.69) is 19.2 Å². The Balaban J connectivity index is 2.49. The molecule has 0 aromatic heterocycles. The van der Waals surface area contributed by atoms with Gasteiger partial charge in [-0.25, -0.2) is 4.79 Å². The Hall–Kier alpha value is -0.810. The molecule has 0 saturated carbocycles. The molecule has 1 aliphatic rings. The van der Waals surface area contributed by atoms with Gasteiger partial charge in [-0.05, 0) is 59.3 Å². The van der Waals surface area contributed by atoms with E-state index in [1.54, 1.807) is 7.11 Å². The molecule has 1 aliphatic heterocycles. The summed E-state index contributed by atoms with van der Waals surface area (Å²) in [6.07, 6.45) is 4.14. The molecule has 1 amide bonds. The Bertz CT molecular complexity index is 355. The van der Waals surface area contributed by atoms with Gasteiger partial charge in [0.1, 0.15) is 5.60 Å². The molecule has 3 unspecified atom stereocenters. The van der Waals surface area contributed by atoms with Crippen LogP contribution < -0.4 is 5.32 Å². The van der Waals surface area contributed by atoms with E-state index in [-0.39, 0.29) is 12.1 Å². The minimum atomic E-state index is -0.432. The maximum Gasteiger partial charge on any atom is 0.410 e. The number of methoxy groups -OCH3 is 1. The molecule has 1 N–H and O–H groups in total. The highest BCUT2D eigenvalue weighted by atomic mass is 16.6. The summed E-state index contributed by atoms with van der Waals surface area (Å²) < 4.78 is 10.7. The molecular weight excluding hydrogens is 292 g/mol. The van der Waals surface area contributed by atoms with E-state index < -0.39 is 5.60 Å². The van der Waals surface area contributed by atoms with E-state index in [4.69, 9.17) is 9.47 Å². The SMILES string of the molecule is COCC(C)CNC(C)CC1CCCCN1C(=O)OC(C)(C)C. The van der Waals surface area contributed by atoms with E-state index in [1.807, 2.05) is 25.7 Å². The minimum Gasteiger partial charge on any atom is -0.444 e. The van der Waals surface area contributed by atoms with Gasteiger partial charge in [0.25, 0.3) is 0 Å². The van der Waals surface area contributed by atoms with Crippen molar-refractivity contribution in [2.45, 2.75) is 78.0 Å². The summed E-state index contributed by atoms with van der Waals surface area (Å²) >= 11 is 0. The molecule has 5 nitrogen and oxygen atoms in total. The first kappa shape index (κ1) is 20.2. The van der Waals surface area contributed by atoms with Gasteiger partial charge in [0.15, 0.2) is 0 Å². The number of carbonyl (C=O) groups is 1. The van der Waals surface area contributed by atoms with Crippen molar-refractivity contribution in [3.8, 4) is 0 Å². The predicted molar refractivity (Wildman–Crippen MR) is 93.7 cm³/mol. The molecule has 1 heterocycles. The van der Waals surface area contributed by atoms with Gasteiger partial charge in [-0.1, -0.05) is 6.92 Å². The number of likely N-dealkylation sites (tertiary alicyclic amines) is 1. The fourth-order valence-electron chi connectivity index (χ4n) is 3.04. The molecule has 0 aliphatic carbocycles. The zero-order valence-corrected chi connectivity index (χ0v) is 15.9. The van der Waals surface area contributed by atoms with Crippen LogP contribution in [0.3, 0.4) is 0 Å². The zero-order chi connectivity index (χ0) is 17.5. The first-order valence-electron chi connectivity index (χ1n) is 8.95. The molecule has 0 spiro atoms. The first-order valence-corrected chi connectivity index (χ1v) is 8.95. The van der Waals surface area contributed by atoms with Crippen LogP contribution in [0.4, 0.5) is 4.79 Å². The molecule has 23 heavy (non-hydrogen) atoms. The third-order valence-corrected chi connectivity index (χ3v) is 4.15. The van der Waals surface area contributed by atoms with Crippen LogP contribution in [0.2, 0.25) is 0 Å². The van der Waals surface area contributed by atoms with E-state index in [9.17, 15) is 4.79 Å². The van der Waals surface area contributed by atoms with Crippen molar-refractivity contribution in [3.05, 3.63) is 0 Å². The minimum absolute atomic E-state index is 0.165. The summed E-state index contributed by atoms with van der Waals surface area (Å²) in [6, 6.07) is 0.654. The van der Waals surface area contributed by atoms with Crippen LogP contribution in [0.5, 0.6) is 0 Å². The third-order valence-electron chi connectivity index (χ3n) is 4.15. The van der Waals surface area contributed by atoms with Gasteiger partial charge < -0.3 is 19.7 Å². The highest BCUT2D eigenvalue weighted by Gasteiger charge is 2.31. The molecule has 1 fully saturated rings. The number of hydrogen-bond donors (Lipinski definition) is 1. The highest BCUT2D eigenvalue weighted by Crippen LogP contribution is 2.23. The van der Waals surface area contributed by atoms with E-state index in [0.29, 0.717) is 12.0 Å². The van der Waals surface area contributed by atoms with Crippen LogP contribution >= 0.6 is 0 Å². The Morgan fingerprint density at radius 1 is 1.30 bits per heavy atom. The summed E-state index contributed by atoms with van der Waals surface area (Å²) in [4.78, 5) is 14.4. The smallest absolute Gasteiger partial charge is 0.410 e. The first-order chi connectivity index (χ1) is 10.7. The average Bonchev–Trinajstić information content (AvgIpc) is 2.44. The van der Waals surface area contributed by atoms with Crippen molar-refractivity contribution in [1.29, 1.82) is 0 Å². The van der Waals surface area contributed by atoms with Gasteiger partial charge in [-0.15, -0.1) is 0 Å². The largest absolute Gasteiger partial charge is 0.444 e. The quantitative estimate of drug-likeness (QED) is 0.778. The summed E-state index contributed by atoms with van der Waals surface area (Å²) in [6.45, 7) is 12.7. The number of ether oxygens (including phenoxy) is 2. The molecule has 136 valence electrons. The molecule has 0 aromatic carbocycles. The molecule has 1 saturated heterocycles. The van der Waals surface area contributed by atoms with Crippen molar-refractivity contribution in [1.82, 2.24) is 10.2 Å². The Labute approximate surface area is 142 Å². The van der Waals surface area contributed by atoms with Crippen molar-refractivity contribution in [2.75, 3.05) is 26.8 Å². The number of carbonyl (C=O) groups excluding carboxylic acids is 1. The molecule has 1 rings (SSSR count). The lowest BCUT2D eigenvalue weighted by molar-refractivity contribution is 0.00784. The van der Waals surface area contributed by atoms with Gasteiger partial charge in [-0.3, -0.25) is 0 Å². The lowest BCUT2D eigenvalue weighted by Crippen LogP contribution is -2.48. The maximum atomic E-state index is 12.4. The Morgan fingerprint density at radius 3 is 2.61 bits per heavy atom. The van der Waals surface area contributed by atoms with Crippen molar-refractivity contribution in [3.63, 3.8) is 0 Å². The number of piperidine rings is 1. The third kappa shape index (κ3) is 8.02. The summed E-state index contributed by atoms with van der Waals surface area (Å²) in [5.74, 6) is 0.496. The highest BCUT2D eigenvalue weighted by molar-refractivity contribution is 5.68. The van der Waals surface area contributed by atoms with E-state index in [1.165, 1.54) is 6.42 Å². The fourth-order valence-corrected chi connectivity index (χ4v) is 3.04. The standard InChI is InChI=1S/C18H36N2O3/c1-14(13-22-6)12-19-15(2)11-16-9-7-8-10-20(16)17(21)23-18(3,4)5/h14-16,19H,7-13H2,1-6H3. The monoisotopic (exact) mass is 328 g/mol. The van der Waals surface area contributed by atoms with Gasteiger partial charge in [0.05, 0.1) is 0 Å². The van der Waals surface area contributed by atoms with Crippen LogP contribution in [0.15, 0.2) is 0 Å². The van der Waals surface area contributed by atoms with Crippen LogP contribution in [0, 0.1) is 5.92 Å². The number of amides is 1. The second-order valence-electron chi connectivity index (χ2n) is 7.93. The van der Waals surface area contributed by atoms with E-state index >= 15 is 0 Å². The second kappa shape index (κ2) is 9.48. The maximum absolute atomic E-state index is 12.4. The zero-order valence-electron chi connectivity index (χ0n) is 15.9. The Kier molecular flexibility index (Phi) is 8.34. The second-order valence-corrected chi connectivity index (χ2v) is 7.93. The van der Waals surface area contributed by atoms with Crippen molar-refractivity contribution < 1.29 is 14.3 Å². The normalized spacial score (nSPS) is 21.8. The fraction of sp³-hybridized carbons (Fsp3) is 0.944. The van der Waals surface area contributed by atoms with Crippen LogP contribution in [0.25, 0.3) is 0 Å². The molecule has 5 heteroatoms. The van der Waals surface area contributed by atoms with Crippen LogP contribution in [0.1, 0.15) is 60.3 Å². The molecule has 0 bridgehead atoms. The van der Waals surface area contributed by atoms with Crippen molar-refractivity contribution >= 4 is 6.09 Å².